The van der Waals surface area contributed by atoms with E-state index in [9.17, 15) is 4.79 Å². The molecule has 0 radical (unpaired) electrons. The van der Waals surface area contributed by atoms with Gasteiger partial charge in [-0.15, -0.1) is 0 Å². The van der Waals surface area contributed by atoms with Crippen molar-refractivity contribution in [1.82, 2.24) is 5.32 Å². The predicted molar refractivity (Wildman–Crippen MR) is 58.2 cm³/mol. The van der Waals surface area contributed by atoms with E-state index in [0.717, 1.165) is 17.0 Å². The first-order valence-electron chi connectivity index (χ1n) is 4.89. The third-order valence-corrected chi connectivity index (χ3v) is 2.66. The number of hydrogen-bond donors (Lipinski definition) is 2. The van der Waals surface area contributed by atoms with Crippen LogP contribution in [-0.2, 0) is 11.2 Å². The molecular weight excluding hydrogens is 192 g/mol. The molecule has 0 aromatic heterocycles. The van der Waals surface area contributed by atoms with Crippen LogP contribution in [0.4, 0.5) is 5.69 Å². The van der Waals surface area contributed by atoms with Gasteiger partial charge >= 0.3 is 0 Å². The van der Waals surface area contributed by atoms with Crippen LogP contribution in [0.2, 0.25) is 0 Å². The van der Waals surface area contributed by atoms with Gasteiger partial charge in [0.15, 0.2) is 0 Å². The lowest BCUT2D eigenvalue weighted by atomic mass is 9.99. The number of nitrogens with one attached hydrogen (secondary N) is 2. The number of carbonyl (C=O) groups is 1. The maximum atomic E-state index is 11.5. The highest BCUT2D eigenvalue weighted by Crippen LogP contribution is 2.26. The van der Waals surface area contributed by atoms with Crippen molar-refractivity contribution in [3.63, 3.8) is 0 Å². The molecular formula is C11H14N2O2. The lowest BCUT2D eigenvalue weighted by molar-refractivity contribution is -0.118. The maximum absolute atomic E-state index is 11.5. The van der Waals surface area contributed by atoms with Gasteiger partial charge in [0, 0.05) is 5.69 Å². The molecule has 1 amide bonds. The minimum Gasteiger partial charge on any atom is -0.497 e. The molecule has 80 valence electrons. The van der Waals surface area contributed by atoms with E-state index in [1.54, 1.807) is 14.2 Å². The van der Waals surface area contributed by atoms with E-state index in [0.29, 0.717) is 6.42 Å². The zero-order valence-electron chi connectivity index (χ0n) is 8.83. The van der Waals surface area contributed by atoms with Crippen LogP contribution < -0.4 is 15.4 Å². The van der Waals surface area contributed by atoms with Crippen LogP contribution in [0.5, 0.6) is 5.75 Å². The Morgan fingerprint density at radius 1 is 1.53 bits per heavy atom. The Labute approximate surface area is 88.6 Å². The molecule has 2 N–H and O–H groups in total. The van der Waals surface area contributed by atoms with Crippen LogP contribution in [0.3, 0.4) is 0 Å². The second-order valence-corrected chi connectivity index (χ2v) is 3.56. The van der Waals surface area contributed by atoms with Gasteiger partial charge < -0.3 is 15.4 Å². The number of carbonyl (C=O) groups excluding carboxylic acids is 1. The minimum absolute atomic E-state index is 0.0233. The number of amides is 1. The molecule has 0 aliphatic carbocycles. The van der Waals surface area contributed by atoms with Gasteiger partial charge in [-0.25, -0.2) is 0 Å². The van der Waals surface area contributed by atoms with Crippen LogP contribution in [0.1, 0.15) is 5.56 Å². The average molecular weight is 206 g/mol. The van der Waals surface area contributed by atoms with Gasteiger partial charge in [0.1, 0.15) is 5.75 Å². The molecule has 1 atom stereocenters. The van der Waals surface area contributed by atoms with E-state index >= 15 is 0 Å². The number of anilines is 1. The Morgan fingerprint density at radius 2 is 2.33 bits per heavy atom. The van der Waals surface area contributed by atoms with Gasteiger partial charge in [-0.05, 0) is 37.2 Å². The molecule has 2 rings (SSSR count). The summed E-state index contributed by atoms with van der Waals surface area (Å²) in [6, 6.07) is 5.53. The summed E-state index contributed by atoms with van der Waals surface area (Å²) in [5.41, 5.74) is 1.99. The van der Waals surface area contributed by atoms with Crippen molar-refractivity contribution in [3.8, 4) is 5.75 Å². The van der Waals surface area contributed by atoms with E-state index in [-0.39, 0.29) is 11.9 Å². The lowest BCUT2D eigenvalue weighted by Crippen LogP contribution is -2.43. The number of methoxy groups -OCH3 is 1. The predicted octanol–water partition coefficient (Wildman–Crippen LogP) is 0.778. The third kappa shape index (κ3) is 1.80. The highest BCUT2D eigenvalue weighted by molar-refractivity contribution is 5.98. The van der Waals surface area contributed by atoms with Crippen molar-refractivity contribution in [3.05, 3.63) is 23.8 Å². The Hall–Kier alpha value is -1.55. The first-order chi connectivity index (χ1) is 7.24. The van der Waals surface area contributed by atoms with Crippen molar-refractivity contribution in [2.24, 2.45) is 0 Å². The van der Waals surface area contributed by atoms with Gasteiger partial charge in [-0.1, -0.05) is 0 Å². The number of rotatable bonds is 2. The van der Waals surface area contributed by atoms with Crippen molar-refractivity contribution < 1.29 is 9.53 Å². The largest absolute Gasteiger partial charge is 0.497 e. The Morgan fingerprint density at radius 3 is 3.00 bits per heavy atom. The fraction of sp³-hybridized carbons (Fsp3) is 0.364. The fourth-order valence-corrected chi connectivity index (χ4v) is 1.75. The summed E-state index contributed by atoms with van der Waals surface area (Å²) in [5, 5.41) is 5.83. The molecule has 1 aliphatic rings. The molecule has 0 saturated heterocycles. The molecule has 0 spiro atoms. The normalized spacial score (nSPS) is 19.3. The van der Waals surface area contributed by atoms with Gasteiger partial charge in [0.2, 0.25) is 5.91 Å². The zero-order chi connectivity index (χ0) is 10.8. The van der Waals surface area contributed by atoms with Crippen LogP contribution >= 0.6 is 0 Å². The smallest absolute Gasteiger partial charge is 0.241 e. The van der Waals surface area contributed by atoms with Gasteiger partial charge in [0.05, 0.1) is 13.2 Å². The molecule has 1 aromatic rings. The van der Waals surface area contributed by atoms with E-state index in [1.807, 2.05) is 18.2 Å². The first-order valence-corrected chi connectivity index (χ1v) is 4.89. The summed E-state index contributed by atoms with van der Waals surface area (Å²) in [4.78, 5) is 11.5. The molecule has 0 fully saturated rings. The Bertz CT molecular complexity index is 390. The van der Waals surface area contributed by atoms with Crippen molar-refractivity contribution >= 4 is 11.6 Å². The van der Waals surface area contributed by atoms with Crippen molar-refractivity contribution in [2.75, 3.05) is 19.5 Å². The third-order valence-electron chi connectivity index (χ3n) is 2.66. The molecule has 1 aromatic carbocycles. The Kier molecular flexibility index (Phi) is 2.60. The summed E-state index contributed by atoms with van der Waals surface area (Å²) in [7, 11) is 3.42. The van der Waals surface area contributed by atoms with Crippen LogP contribution in [-0.4, -0.2) is 26.1 Å². The second-order valence-electron chi connectivity index (χ2n) is 3.56. The molecule has 4 nitrogen and oxygen atoms in total. The second kappa shape index (κ2) is 3.90. The quantitative estimate of drug-likeness (QED) is 0.751. The summed E-state index contributed by atoms with van der Waals surface area (Å²) >= 11 is 0. The van der Waals surface area contributed by atoms with Crippen molar-refractivity contribution in [2.45, 2.75) is 12.5 Å². The fourth-order valence-electron chi connectivity index (χ4n) is 1.75. The van der Waals surface area contributed by atoms with Gasteiger partial charge in [-0.2, -0.15) is 0 Å². The number of benzene rings is 1. The van der Waals surface area contributed by atoms with E-state index in [1.165, 1.54) is 0 Å². The lowest BCUT2D eigenvalue weighted by Gasteiger charge is -2.24. The molecule has 1 aliphatic heterocycles. The van der Waals surface area contributed by atoms with E-state index in [2.05, 4.69) is 10.6 Å². The summed E-state index contributed by atoms with van der Waals surface area (Å²) in [6.45, 7) is 0. The summed E-state index contributed by atoms with van der Waals surface area (Å²) < 4.78 is 5.14. The number of likely N-dealkylation sites (N-methyl/N-ethyl adjacent to an activating group) is 1. The summed E-state index contributed by atoms with van der Waals surface area (Å²) in [5.74, 6) is 0.843. The molecule has 4 heteroatoms. The van der Waals surface area contributed by atoms with Crippen LogP contribution in [0.15, 0.2) is 18.2 Å². The van der Waals surface area contributed by atoms with Gasteiger partial charge in [0.25, 0.3) is 0 Å². The van der Waals surface area contributed by atoms with Crippen LogP contribution in [0, 0.1) is 0 Å². The maximum Gasteiger partial charge on any atom is 0.241 e. The molecule has 0 bridgehead atoms. The number of ether oxygens (including phenoxy) is 1. The van der Waals surface area contributed by atoms with Gasteiger partial charge in [-0.3, -0.25) is 4.79 Å². The van der Waals surface area contributed by atoms with Crippen molar-refractivity contribution in [1.29, 1.82) is 0 Å². The molecule has 0 saturated carbocycles. The topological polar surface area (TPSA) is 50.4 Å². The Balaban J connectivity index is 2.33. The summed E-state index contributed by atoms with van der Waals surface area (Å²) in [6.07, 6.45) is 0.703. The first kappa shape index (κ1) is 9.98. The van der Waals surface area contributed by atoms with Crippen LogP contribution in [0.25, 0.3) is 0 Å². The zero-order valence-corrected chi connectivity index (χ0v) is 8.83. The molecule has 1 unspecified atom stereocenters. The highest BCUT2D eigenvalue weighted by Gasteiger charge is 2.24. The standard InChI is InChI=1S/C11H14N2O2/c1-12-10-6-7-5-8(15-2)3-4-9(7)13-11(10)14/h3-5,10,12H,6H2,1-2H3,(H,13,14). The monoisotopic (exact) mass is 206 g/mol. The molecule has 15 heavy (non-hydrogen) atoms. The van der Waals surface area contributed by atoms with E-state index < -0.39 is 0 Å². The van der Waals surface area contributed by atoms with E-state index in [4.69, 9.17) is 4.74 Å². The highest BCUT2D eigenvalue weighted by atomic mass is 16.5. The number of fused-ring (bicyclic) bond motifs is 1. The number of hydrogen-bond acceptors (Lipinski definition) is 3. The SMILES string of the molecule is CNC1Cc2cc(OC)ccc2NC1=O. The minimum atomic E-state index is -0.149. The molecule has 1 heterocycles. The average Bonchev–Trinajstić information content (AvgIpc) is 2.27.